The van der Waals surface area contributed by atoms with Crippen LogP contribution in [-0.4, -0.2) is 38.0 Å². The second-order valence-corrected chi connectivity index (χ2v) is 6.55. The lowest BCUT2D eigenvalue weighted by Crippen LogP contribution is -2.07. The molecule has 0 saturated carbocycles. The highest BCUT2D eigenvalue weighted by molar-refractivity contribution is 5.59. The van der Waals surface area contributed by atoms with Crippen molar-refractivity contribution in [2.24, 2.45) is 0 Å². The van der Waals surface area contributed by atoms with Crippen molar-refractivity contribution in [1.82, 2.24) is 14.6 Å². The van der Waals surface area contributed by atoms with Gasteiger partial charge in [0, 0.05) is 31.4 Å². The number of unbranched alkanes of at least 4 members (excludes halogenated alkanes) is 1. The average molecular weight is 398 g/mol. The smallest absolute Gasteiger partial charge is 0.163 e. The molecule has 0 bridgehead atoms. The van der Waals surface area contributed by atoms with Crippen molar-refractivity contribution in [2.45, 2.75) is 39.2 Å². The molecule has 2 heterocycles. The van der Waals surface area contributed by atoms with E-state index in [9.17, 15) is 0 Å². The molecule has 3 aromatic rings. The maximum atomic E-state index is 8.09. The second kappa shape index (κ2) is 13.2. The zero-order valence-corrected chi connectivity index (χ0v) is 17.1. The van der Waals surface area contributed by atoms with E-state index < -0.39 is 0 Å². The molecular formula is C22H31N5O2. The zero-order chi connectivity index (χ0) is 21.6. The van der Waals surface area contributed by atoms with E-state index in [1.165, 1.54) is 5.56 Å². The highest BCUT2D eigenvalue weighted by Crippen LogP contribution is 2.23. The van der Waals surface area contributed by atoms with Gasteiger partial charge in [0.05, 0.1) is 6.20 Å². The van der Waals surface area contributed by atoms with Crippen LogP contribution in [0, 0.1) is 12.8 Å². The number of aromatic nitrogens is 3. The van der Waals surface area contributed by atoms with Gasteiger partial charge in [-0.2, -0.15) is 9.61 Å². The Labute approximate surface area is 172 Å². The monoisotopic (exact) mass is 397 g/mol. The average Bonchev–Trinajstić information content (AvgIpc) is 3.17. The van der Waals surface area contributed by atoms with Crippen molar-refractivity contribution < 1.29 is 10.2 Å². The summed E-state index contributed by atoms with van der Waals surface area (Å²) in [6.45, 7) is 5.36. The fraction of sp³-hybridized carbons (Fsp3) is 0.364. The summed E-state index contributed by atoms with van der Waals surface area (Å²) in [4.78, 5) is 4.41. The molecule has 0 atom stereocenters. The zero-order valence-electron chi connectivity index (χ0n) is 17.1. The largest absolute Gasteiger partial charge is 0.396 e. The van der Waals surface area contributed by atoms with Gasteiger partial charge in [-0.3, -0.25) is 0 Å². The van der Waals surface area contributed by atoms with Crippen molar-refractivity contribution in [2.75, 3.05) is 24.3 Å². The lowest BCUT2D eigenvalue weighted by molar-refractivity contribution is 0.242. The first-order valence-corrected chi connectivity index (χ1v) is 9.53. The number of rotatable bonds is 7. The van der Waals surface area contributed by atoms with Gasteiger partial charge in [-0.15, -0.1) is 12.8 Å². The molecule has 0 amide bonds. The Morgan fingerprint density at radius 1 is 1.10 bits per heavy atom. The van der Waals surface area contributed by atoms with Crippen LogP contribution in [0.3, 0.4) is 0 Å². The van der Waals surface area contributed by atoms with E-state index in [1.807, 2.05) is 35.0 Å². The number of hydrogen-bond donors (Lipinski definition) is 4. The second-order valence-electron chi connectivity index (χ2n) is 6.55. The minimum atomic E-state index is 0.195. The van der Waals surface area contributed by atoms with E-state index in [4.69, 9.17) is 15.9 Å². The van der Waals surface area contributed by atoms with Crippen LogP contribution in [-0.2, 0) is 6.54 Å². The Morgan fingerprint density at radius 2 is 1.72 bits per heavy atom. The predicted octanol–water partition coefficient (Wildman–Crippen LogP) is 3.05. The van der Waals surface area contributed by atoms with Crippen LogP contribution in [0.25, 0.3) is 5.65 Å². The Kier molecular flexibility index (Phi) is 10.9. The molecule has 0 aliphatic heterocycles. The van der Waals surface area contributed by atoms with Crippen LogP contribution in [0.15, 0.2) is 42.6 Å². The molecule has 156 valence electrons. The number of aliphatic hydroxyl groups is 2. The molecule has 7 nitrogen and oxygen atoms in total. The first-order chi connectivity index (χ1) is 14.1. The number of nitrogens with two attached hydrogens (primary N) is 1. The maximum absolute atomic E-state index is 8.09. The number of anilines is 2. The summed E-state index contributed by atoms with van der Waals surface area (Å²) in [6.07, 6.45) is 11.3. The standard InChI is InChI=1S/C16H19N5.C4H10O2.C2H2/c1-11(2)13-10-19-21-15(8-14(17)20-16(13)21)18-9-12-6-4-3-5-7-12;5-3-1-2-4-6;1-2/h3-8,10-11,18H,9H2,1-2H3,(H2,17,20);5-6H,1-4H2;1-2H. The third-order valence-corrected chi connectivity index (χ3v) is 4.02. The van der Waals surface area contributed by atoms with E-state index >= 15 is 0 Å². The van der Waals surface area contributed by atoms with E-state index in [0.29, 0.717) is 11.7 Å². The van der Waals surface area contributed by atoms with Crippen LogP contribution in [0.2, 0.25) is 0 Å². The van der Waals surface area contributed by atoms with E-state index in [1.54, 1.807) is 0 Å². The summed E-state index contributed by atoms with van der Waals surface area (Å²) in [7, 11) is 0. The maximum Gasteiger partial charge on any atom is 0.163 e. The SMILES string of the molecule is C#C.CC(C)c1cnn2c(NCc3ccccc3)cc(N)nc12.OCCCCO. The molecule has 1 aromatic carbocycles. The first-order valence-electron chi connectivity index (χ1n) is 9.53. The Balaban J connectivity index is 0.000000454. The lowest BCUT2D eigenvalue weighted by Gasteiger charge is -2.10. The number of nitrogens with zero attached hydrogens (tertiary/aromatic N) is 3. The Morgan fingerprint density at radius 3 is 2.28 bits per heavy atom. The number of fused-ring (bicyclic) bond motifs is 1. The van der Waals surface area contributed by atoms with Crippen LogP contribution < -0.4 is 11.1 Å². The summed E-state index contributed by atoms with van der Waals surface area (Å²) in [5.74, 6) is 1.72. The summed E-state index contributed by atoms with van der Waals surface area (Å²) in [6, 6.07) is 12.0. The minimum absolute atomic E-state index is 0.195. The number of aliphatic hydroxyl groups excluding tert-OH is 2. The van der Waals surface area contributed by atoms with E-state index in [0.717, 1.165) is 36.4 Å². The topological polar surface area (TPSA) is 109 Å². The van der Waals surface area contributed by atoms with Gasteiger partial charge in [-0.25, -0.2) is 4.98 Å². The van der Waals surface area contributed by atoms with Crippen LogP contribution in [0.4, 0.5) is 11.6 Å². The minimum Gasteiger partial charge on any atom is -0.396 e. The van der Waals surface area contributed by atoms with Crippen LogP contribution >= 0.6 is 0 Å². The van der Waals surface area contributed by atoms with Crippen molar-refractivity contribution >= 4 is 17.3 Å². The number of nitrogen functional groups attached to an aromatic ring is 1. The van der Waals surface area contributed by atoms with E-state index in [-0.39, 0.29) is 13.2 Å². The molecule has 29 heavy (non-hydrogen) atoms. The Bertz CT molecular complexity index is 856. The molecule has 0 saturated heterocycles. The van der Waals surface area contributed by atoms with Gasteiger partial charge in [0.15, 0.2) is 5.65 Å². The van der Waals surface area contributed by atoms with Gasteiger partial charge in [0.25, 0.3) is 0 Å². The van der Waals surface area contributed by atoms with Gasteiger partial charge in [0.1, 0.15) is 11.6 Å². The summed E-state index contributed by atoms with van der Waals surface area (Å²) in [5.41, 5.74) is 9.06. The number of benzene rings is 1. The number of terminal acetylenes is 1. The predicted molar refractivity (Wildman–Crippen MR) is 119 cm³/mol. The highest BCUT2D eigenvalue weighted by Gasteiger charge is 2.12. The number of hydrogen-bond acceptors (Lipinski definition) is 6. The molecule has 0 aliphatic carbocycles. The van der Waals surface area contributed by atoms with Crippen LogP contribution in [0.1, 0.15) is 43.7 Å². The molecule has 0 aliphatic rings. The number of nitrogens with one attached hydrogen (secondary N) is 1. The van der Waals surface area contributed by atoms with Gasteiger partial charge < -0.3 is 21.3 Å². The van der Waals surface area contributed by atoms with Crippen molar-refractivity contribution in [1.29, 1.82) is 0 Å². The highest BCUT2D eigenvalue weighted by atomic mass is 16.3. The third-order valence-electron chi connectivity index (χ3n) is 4.02. The quantitative estimate of drug-likeness (QED) is 0.360. The van der Waals surface area contributed by atoms with Gasteiger partial charge >= 0.3 is 0 Å². The van der Waals surface area contributed by atoms with Gasteiger partial charge in [-0.05, 0) is 24.3 Å². The molecule has 0 spiro atoms. The molecular weight excluding hydrogens is 366 g/mol. The van der Waals surface area contributed by atoms with Crippen molar-refractivity contribution in [3.05, 3.63) is 53.7 Å². The lowest BCUT2D eigenvalue weighted by atomic mass is 10.1. The molecule has 0 radical (unpaired) electrons. The third kappa shape index (κ3) is 7.45. The summed E-state index contributed by atoms with van der Waals surface area (Å²) < 4.78 is 1.81. The van der Waals surface area contributed by atoms with Crippen molar-refractivity contribution in [3.8, 4) is 12.8 Å². The summed E-state index contributed by atoms with van der Waals surface area (Å²) in [5, 5.41) is 24.0. The molecule has 5 N–H and O–H groups in total. The summed E-state index contributed by atoms with van der Waals surface area (Å²) >= 11 is 0. The van der Waals surface area contributed by atoms with Gasteiger partial charge in [0.2, 0.25) is 0 Å². The van der Waals surface area contributed by atoms with Crippen molar-refractivity contribution in [3.63, 3.8) is 0 Å². The van der Waals surface area contributed by atoms with Crippen LogP contribution in [0.5, 0.6) is 0 Å². The fourth-order valence-corrected chi connectivity index (χ4v) is 2.54. The molecule has 3 rings (SSSR count). The van der Waals surface area contributed by atoms with Gasteiger partial charge in [-0.1, -0.05) is 44.2 Å². The molecule has 0 unspecified atom stereocenters. The Hall–Kier alpha value is -3.08. The molecule has 7 heteroatoms. The van der Waals surface area contributed by atoms with E-state index in [2.05, 4.69) is 54.2 Å². The normalized spacial score (nSPS) is 10.0. The fourth-order valence-electron chi connectivity index (χ4n) is 2.54. The molecule has 0 fully saturated rings. The molecule has 2 aromatic heterocycles. The first kappa shape index (κ1) is 24.0.